The van der Waals surface area contributed by atoms with Gasteiger partial charge in [-0.25, -0.2) is 4.98 Å². The zero-order valence-corrected chi connectivity index (χ0v) is 23.5. The van der Waals surface area contributed by atoms with Crippen molar-refractivity contribution in [3.63, 3.8) is 0 Å². The Hall–Kier alpha value is -3.14. The van der Waals surface area contributed by atoms with Crippen molar-refractivity contribution in [2.45, 2.75) is 56.9 Å². The molecule has 1 aliphatic heterocycles. The smallest absolute Gasteiger partial charge is 0.267 e. The Labute approximate surface area is 230 Å². The van der Waals surface area contributed by atoms with Gasteiger partial charge in [0.1, 0.15) is 10.6 Å². The van der Waals surface area contributed by atoms with E-state index in [-0.39, 0.29) is 17.6 Å². The molecule has 5 rings (SSSR count). The summed E-state index contributed by atoms with van der Waals surface area (Å²) in [5.41, 5.74) is 2.62. The highest BCUT2D eigenvalue weighted by Gasteiger charge is 2.29. The maximum Gasteiger partial charge on any atom is 0.267 e. The Bertz CT molecular complexity index is 1500. The number of benzene rings is 2. The van der Waals surface area contributed by atoms with E-state index in [1.165, 1.54) is 23.1 Å². The number of carbonyl (C=O) groups excluding carboxylic acids is 1. The quantitative estimate of drug-likeness (QED) is 0.236. The molecule has 1 N–H and O–H groups in total. The van der Waals surface area contributed by atoms with Crippen molar-refractivity contribution in [1.82, 2.24) is 14.9 Å². The molecule has 0 bridgehead atoms. The highest BCUT2D eigenvalue weighted by Crippen LogP contribution is 2.37. The molecular weight excluding hydrogens is 518 g/mol. The first-order valence-electron chi connectivity index (χ1n) is 12.7. The van der Waals surface area contributed by atoms with Gasteiger partial charge in [0.2, 0.25) is 5.91 Å². The summed E-state index contributed by atoms with van der Waals surface area (Å²) in [5, 5.41) is 3.67. The summed E-state index contributed by atoms with van der Waals surface area (Å²) in [5.74, 6) is 0.927. The van der Waals surface area contributed by atoms with Crippen LogP contribution in [0.5, 0.6) is 5.75 Å². The van der Waals surface area contributed by atoms with Crippen LogP contribution in [-0.4, -0.2) is 33.9 Å². The number of hydrogen-bond donors (Lipinski definition) is 1. The standard InChI is InChI=1S/C29H31N3O4S2/c1-17(2)23-14-22-24(16-36-23)38-27-25(22)28(34)32(20-10-12-21(35-4)13-11-20)29(31-27)37-18(3)26(33)30-15-19-8-6-5-7-9-19/h5-13,17-18,23H,14-16H2,1-4H3,(H,30,33)/t18-,23+/m1/s1. The number of nitrogens with zero attached hydrogens (tertiary/aromatic N) is 2. The third kappa shape index (κ3) is 5.36. The molecule has 1 aliphatic rings. The Morgan fingerprint density at radius 2 is 1.92 bits per heavy atom. The second-order valence-electron chi connectivity index (χ2n) is 9.68. The molecule has 198 valence electrons. The van der Waals surface area contributed by atoms with Crippen LogP contribution in [0.2, 0.25) is 0 Å². The van der Waals surface area contributed by atoms with E-state index < -0.39 is 5.25 Å². The van der Waals surface area contributed by atoms with E-state index in [0.717, 1.165) is 16.0 Å². The normalized spacial score (nSPS) is 15.9. The monoisotopic (exact) mass is 549 g/mol. The van der Waals surface area contributed by atoms with Crippen molar-refractivity contribution in [3.05, 3.63) is 81.0 Å². The van der Waals surface area contributed by atoms with Crippen molar-refractivity contribution < 1.29 is 14.3 Å². The molecule has 0 unspecified atom stereocenters. The van der Waals surface area contributed by atoms with E-state index in [1.807, 2.05) is 61.5 Å². The van der Waals surface area contributed by atoms with Crippen LogP contribution in [0.4, 0.5) is 0 Å². The van der Waals surface area contributed by atoms with Crippen molar-refractivity contribution in [2.75, 3.05) is 7.11 Å². The van der Waals surface area contributed by atoms with Crippen molar-refractivity contribution in [3.8, 4) is 11.4 Å². The number of thiophene rings is 1. The molecule has 0 fully saturated rings. The van der Waals surface area contributed by atoms with Crippen LogP contribution in [0.1, 0.15) is 36.8 Å². The van der Waals surface area contributed by atoms with E-state index in [9.17, 15) is 9.59 Å². The van der Waals surface area contributed by atoms with Gasteiger partial charge >= 0.3 is 0 Å². The molecule has 7 nitrogen and oxygen atoms in total. The van der Waals surface area contributed by atoms with Crippen LogP contribution >= 0.6 is 23.1 Å². The zero-order chi connectivity index (χ0) is 26.8. The predicted molar refractivity (Wildman–Crippen MR) is 152 cm³/mol. The fraction of sp³-hybridized carbons (Fsp3) is 0.345. The summed E-state index contributed by atoms with van der Waals surface area (Å²) in [6.45, 7) is 7.04. The van der Waals surface area contributed by atoms with E-state index in [1.54, 1.807) is 11.7 Å². The largest absolute Gasteiger partial charge is 0.497 e. The molecule has 4 aromatic rings. The molecule has 0 saturated carbocycles. The molecule has 0 radical (unpaired) electrons. The fourth-order valence-electron chi connectivity index (χ4n) is 4.51. The number of ether oxygens (including phenoxy) is 2. The number of nitrogens with one attached hydrogen (secondary N) is 1. The second kappa shape index (κ2) is 11.3. The first-order valence-corrected chi connectivity index (χ1v) is 14.4. The van der Waals surface area contributed by atoms with Crippen LogP contribution in [0.25, 0.3) is 15.9 Å². The minimum Gasteiger partial charge on any atom is -0.497 e. The average Bonchev–Trinajstić information content (AvgIpc) is 3.30. The van der Waals surface area contributed by atoms with E-state index >= 15 is 0 Å². The highest BCUT2D eigenvalue weighted by molar-refractivity contribution is 8.00. The number of fused-ring (bicyclic) bond motifs is 3. The molecule has 0 spiro atoms. The van der Waals surface area contributed by atoms with Crippen molar-refractivity contribution >= 4 is 39.2 Å². The molecule has 9 heteroatoms. The second-order valence-corrected chi connectivity index (χ2v) is 12.1. The molecular formula is C29H31N3O4S2. The van der Waals surface area contributed by atoms with Gasteiger partial charge in [-0.15, -0.1) is 11.3 Å². The highest BCUT2D eigenvalue weighted by atomic mass is 32.2. The lowest BCUT2D eigenvalue weighted by Crippen LogP contribution is -2.31. The van der Waals surface area contributed by atoms with Crippen LogP contribution in [0.3, 0.4) is 0 Å². The SMILES string of the molecule is COc1ccc(-n2c(S[C@H](C)C(=O)NCc3ccccc3)nc3sc4c(c3c2=O)C[C@@H](C(C)C)OC4)cc1. The Morgan fingerprint density at radius 3 is 2.61 bits per heavy atom. The Morgan fingerprint density at radius 1 is 1.18 bits per heavy atom. The number of rotatable bonds is 8. The fourth-order valence-corrected chi connectivity index (χ4v) is 6.63. The Kier molecular flexibility index (Phi) is 7.88. The van der Waals surface area contributed by atoms with Crippen LogP contribution in [0.15, 0.2) is 64.5 Å². The first kappa shape index (κ1) is 26.5. The van der Waals surface area contributed by atoms with Crippen molar-refractivity contribution in [2.24, 2.45) is 5.92 Å². The minimum atomic E-state index is -0.462. The first-order chi connectivity index (χ1) is 18.4. The summed E-state index contributed by atoms with van der Waals surface area (Å²) >= 11 is 2.79. The van der Waals surface area contributed by atoms with Crippen molar-refractivity contribution in [1.29, 1.82) is 0 Å². The van der Waals surface area contributed by atoms with Crippen LogP contribution < -0.4 is 15.6 Å². The number of amides is 1. The van der Waals surface area contributed by atoms with Gasteiger partial charge in [0.05, 0.1) is 36.1 Å². The minimum absolute atomic E-state index is 0.0662. The van der Waals surface area contributed by atoms with Crippen LogP contribution in [0, 0.1) is 5.92 Å². The van der Waals surface area contributed by atoms with Crippen LogP contribution in [-0.2, 0) is 29.1 Å². The van der Waals surface area contributed by atoms with E-state index in [4.69, 9.17) is 14.5 Å². The molecule has 2 aromatic heterocycles. The van der Waals surface area contributed by atoms with Gasteiger partial charge in [0, 0.05) is 17.8 Å². The third-order valence-electron chi connectivity index (χ3n) is 6.75. The summed E-state index contributed by atoms with van der Waals surface area (Å²) < 4.78 is 13.0. The predicted octanol–water partition coefficient (Wildman–Crippen LogP) is 5.35. The lowest BCUT2D eigenvalue weighted by atomic mass is 9.96. The van der Waals surface area contributed by atoms with Gasteiger partial charge in [0.25, 0.3) is 5.56 Å². The molecule has 2 atom stereocenters. The molecule has 1 amide bonds. The van der Waals surface area contributed by atoms with Gasteiger partial charge in [-0.2, -0.15) is 0 Å². The van der Waals surface area contributed by atoms with Gasteiger partial charge in [0.15, 0.2) is 5.16 Å². The van der Waals surface area contributed by atoms with Gasteiger partial charge < -0.3 is 14.8 Å². The summed E-state index contributed by atoms with van der Waals surface area (Å²) in [6, 6.07) is 17.1. The maximum atomic E-state index is 14.1. The molecule has 0 saturated heterocycles. The maximum absolute atomic E-state index is 14.1. The van der Waals surface area contributed by atoms with E-state index in [2.05, 4.69) is 19.2 Å². The topological polar surface area (TPSA) is 82.5 Å². The average molecular weight is 550 g/mol. The number of methoxy groups -OCH3 is 1. The zero-order valence-electron chi connectivity index (χ0n) is 21.9. The number of aromatic nitrogens is 2. The molecule has 0 aliphatic carbocycles. The van der Waals surface area contributed by atoms with Gasteiger partial charge in [-0.3, -0.25) is 14.2 Å². The van der Waals surface area contributed by atoms with Gasteiger partial charge in [-0.1, -0.05) is 55.9 Å². The molecule has 38 heavy (non-hydrogen) atoms. The molecule has 2 aromatic carbocycles. The van der Waals surface area contributed by atoms with Gasteiger partial charge in [-0.05, 0) is 48.2 Å². The summed E-state index contributed by atoms with van der Waals surface area (Å²) in [7, 11) is 1.61. The Balaban J connectivity index is 1.53. The molecule has 3 heterocycles. The summed E-state index contributed by atoms with van der Waals surface area (Å²) in [4.78, 5) is 33.8. The lowest BCUT2D eigenvalue weighted by molar-refractivity contribution is -0.120. The number of carbonyl (C=O) groups is 1. The lowest BCUT2D eigenvalue weighted by Gasteiger charge is -2.26. The third-order valence-corrected chi connectivity index (χ3v) is 8.90. The number of thioether (sulfide) groups is 1. The van der Waals surface area contributed by atoms with E-state index in [0.29, 0.717) is 52.3 Å². The number of hydrogen-bond acceptors (Lipinski definition) is 7. The summed E-state index contributed by atoms with van der Waals surface area (Å²) in [6.07, 6.45) is 0.758.